The minimum atomic E-state index is -0.353. The van der Waals surface area contributed by atoms with Crippen molar-refractivity contribution < 1.29 is 4.79 Å². The summed E-state index contributed by atoms with van der Waals surface area (Å²) in [6, 6.07) is 19.4. The molecule has 1 amide bonds. The number of carbonyl (C=O) groups is 1. The monoisotopic (exact) mass is 329 g/mol. The summed E-state index contributed by atoms with van der Waals surface area (Å²) in [6.07, 6.45) is 5.35. The van der Waals surface area contributed by atoms with E-state index in [4.69, 9.17) is 6.42 Å². The van der Waals surface area contributed by atoms with Gasteiger partial charge in [0.15, 0.2) is 0 Å². The van der Waals surface area contributed by atoms with E-state index in [0.717, 1.165) is 10.2 Å². The van der Waals surface area contributed by atoms with Crippen molar-refractivity contribution in [1.29, 1.82) is 0 Å². The molecule has 0 spiro atoms. The summed E-state index contributed by atoms with van der Waals surface area (Å²) in [5, 5.41) is 6.99. The van der Waals surface area contributed by atoms with Crippen molar-refractivity contribution in [2.45, 2.75) is 6.54 Å². The summed E-state index contributed by atoms with van der Waals surface area (Å²) < 4.78 is 1.14. The van der Waals surface area contributed by atoms with Crippen LogP contribution in [0.15, 0.2) is 71.5 Å². The molecule has 0 aliphatic carbocycles. The molecule has 5 nitrogen and oxygen atoms in total. The first-order valence-electron chi connectivity index (χ1n) is 7.66. The van der Waals surface area contributed by atoms with Crippen LogP contribution in [-0.4, -0.2) is 15.7 Å². The first-order chi connectivity index (χ1) is 12.2. The van der Waals surface area contributed by atoms with Gasteiger partial charge < -0.3 is 5.32 Å². The molecule has 25 heavy (non-hydrogen) atoms. The van der Waals surface area contributed by atoms with E-state index in [-0.39, 0.29) is 18.0 Å². The van der Waals surface area contributed by atoms with Gasteiger partial charge in [0.25, 0.3) is 5.56 Å². The standard InChI is InChI=1S/C20H15N3O2/c1-2-15-7-6-10-17(13-15)21-19(24)14-23-20(25)12-11-18(22-23)16-8-4-3-5-9-16/h1,3-13H,14H2,(H,21,24). The third kappa shape index (κ3) is 4.01. The van der Waals surface area contributed by atoms with Crippen LogP contribution in [0, 0.1) is 12.3 Å². The van der Waals surface area contributed by atoms with Crippen LogP contribution in [0.25, 0.3) is 11.3 Å². The number of anilines is 1. The summed E-state index contributed by atoms with van der Waals surface area (Å²) in [4.78, 5) is 24.2. The van der Waals surface area contributed by atoms with Gasteiger partial charge in [-0.3, -0.25) is 9.59 Å². The second-order valence-corrected chi connectivity index (χ2v) is 5.35. The quantitative estimate of drug-likeness (QED) is 0.748. The van der Waals surface area contributed by atoms with E-state index >= 15 is 0 Å². The fraction of sp³-hybridized carbons (Fsp3) is 0.0500. The third-order valence-electron chi connectivity index (χ3n) is 3.54. The Morgan fingerprint density at radius 1 is 1.08 bits per heavy atom. The molecule has 122 valence electrons. The number of carbonyl (C=O) groups excluding carboxylic acids is 1. The zero-order valence-corrected chi connectivity index (χ0v) is 13.3. The van der Waals surface area contributed by atoms with Gasteiger partial charge in [-0.2, -0.15) is 5.10 Å². The lowest BCUT2D eigenvalue weighted by molar-refractivity contribution is -0.117. The molecule has 2 aromatic carbocycles. The summed E-state index contributed by atoms with van der Waals surface area (Å²) in [5.41, 5.74) is 2.40. The first kappa shape index (κ1) is 16.2. The number of amides is 1. The molecule has 0 fully saturated rings. The van der Waals surface area contributed by atoms with Crippen LogP contribution < -0.4 is 10.9 Å². The molecule has 0 radical (unpaired) electrons. The molecule has 1 N–H and O–H groups in total. The first-order valence-corrected chi connectivity index (χ1v) is 7.66. The maximum atomic E-state index is 12.2. The van der Waals surface area contributed by atoms with Crippen molar-refractivity contribution in [2.24, 2.45) is 0 Å². The van der Waals surface area contributed by atoms with E-state index in [9.17, 15) is 9.59 Å². The number of terminal acetylenes is 1. The molecular formula is C20H15N3O2. The van der Waals surface area contributed by atoms with Crippen LogP contribution in [0.4, 0.5) is 5.69 Å². The molecule has 0 saturated carbocycles. The highest BCUT2D eigenvalue weighted by atomic mass is 16.2. The van der Waals surface area contributed by atoms with Crippen LogP contribution in [-0.2, 0) is 11.3 Å². The second-order valence-electron chi connectivity index (χ2n) is 5.35. The lowest BCUT2D eigenvalue weighted by Gasteiger charge is -2.08. The molecule has 0 bridgehead atoms. The Hall–Kier alpha value is -3.65. The van der Waals surface area contributed by atoms with Crippen LogP contribution in [0.3, 0.4) is 0 Å². The number of nitrogens with one attached hydrogen (secondary N) is 1. The summed E-state index contributed by atoms with van der Waals surface area (Å²) >= 11 is 0. The molecule has 5 heteroatoms. The molecular weight excluding hydrogens is 314 g/mol. The minimum absolute atomic E-state index is 0.181. The largest absolute Gasteiger partial charge is 0.324 e. The highest BCUT2D eigenvalue weighted by Crippen LogP contribution is 2.14. The number of hydrogen-bond acceptors (Lipinski definition) is 3. The zero-order valence-electron chi connectivity index (χ0n) is 13.3. The molecule has 0 saturated heterocycles. The Balaban J connectivity index is 1.79. The molecule has 0 unspecified atom stereocenters. The summed E-state index contributed by atoms with van der Waals surface area (Å²) in [5.74, 6) is 2.15. The maximum absolute atomic E-state index is 12.2. The van der Waals surface area contributed by atoms with E-state index in [1.54, 1.807) is 30.3 Å². The Bertz CT molecular complexity index is 1000. The third-order valence-corrected chi connectivity index (χ3v) is 3.54. The smallest absolute Gasteiger partial charge is 0.267 e. The van der Waals surface area contributed by atoms with Gasteiger partial charge in [0.2, 0.25) is 5.91 Å². The Kier molecular flexibility index (Phi) is 4.72. The predicted molar refractivity (Wildman–Crippen MR) is 96.9 cm³/mol. The Labute approximate surface area is 144 Å². The lowest BCUT2D eigenvalue weighted by atomic mass is 10.1. The lowest BCUT2D eigenvalue weighted by Crippen LogP contribution is -2.29. The maximum Gasteiger partial charge on any atom is 0.267 e. The molecule has 0 aliphatic rings. The number of benzene rings is 2. The molecule has 0 aliphatic heterocycles. The van der Waals surface area contributed by atoms with E-state index in [1.165, 1.54) is 6.07 Å². The van der Waals surface area contributed by atoms with Gasteiger partial charge in [-0.15, -0.1) is 6.42 Å². The minimum Gasteiger partial charge on any atom is -0.324 e. The Morgan fingerprint density at radius 3 is 2.64 bits per heavy atom. The molecule has 1 aromatic heterocycles. The number of nitrogens with zero attached hydrogens (tertiary/aromatic N) is 2. The van der Waals surface area contributed by atoms with Gasteiger partial charge in [-0.05, 0) is 24.3 Å². The van der Waals surface area contributed by atoms with Crippen molar-refractivity contribution in [2.75, 3.05) is 5.32 Å². The van der Waals surface area contributed by atoms with Crippen molar-refractivity contribution in [3.8, 4) is 23.6 Å². The fourth-order valence-corrected chi connectivity index (χ4v) is 2.35. The SMILES string of the molecule is C#Cc1cccc(NC(=O)Cn2nc(-c3ccccc3)ccc2=O)c1. The normalized spacial score (nSPS) is 10.0. The van der Waals surface area contributed by atoms with Gasteiger partial charge in [0, 0.05) is 22.9 Å². The zero-order chi connectivity index (χ0) is 17.6. The van der Waals surface area contributed by atoms with Crippen molar-refractivity contribution in [1.82, 2.24) is 9.78 Å². The highest BCUT2D eigenvalue weighted by molar-refractivity contribution is 5.90. The molecule has 1 heterocycles. The number of rotatable bonds is 4. The van der Waals surface area contributed by atoms with Crippen molar-refractivity contribution in [3.05, 3.63) is 82.6 Å². The van der Waals surface area contributed by atoms with Crippen LogP contribution in [0.2, 0.25) is 0 Å². The van der Waals surface area contributed by atoms with Crippen LogP contribution in [0.5, 0.6) is 0 Å². The van der Waals surface area contributed by atoms with Gasteiger partial charge in [-0.1, -0.05) is 42.3 Å². The molecule has 3 aromatic rings. The van der Waals surface area contributed by atoms with Gasteiger partial charge in [-0.25, -0.2) is 4.68 Å². The van der Waals surface area contributed by atoms with E-state index < -0.39 is 0 Å². The predicted octanol–water partition coefficient (Wildman–Crippen LogP) is 2.53. The van der Waals surface area contributed by atoms with E-state index in [2.05, 4.69) is 16.3 Å². The topological polar surface area (TPSA) is 64.0 Å². The second kappa shape index (κ2) is 7.28. The van der Waals surface area contributed by atoms with E-state index in [0.29, 0.717) is 16.9 Å². The fourth-order valence-electron chi connectivity index (χ4n) is 2.35. The molecule has 3 rings (SSSR count). The van der Waals surface area contributed by atoms with Crippen molar-refractivity contribution >= 4 is 11.6 Å². The number of aromatic nitrogens is 2. The van der Waals surface area contributed by atoms with Gasteiger partial charge in [0.1, 0.15) is 6.54 Å². The van der Waals surface area contributed by atoms with Crippen molar-refractivity contribution in [3.63, 3.8) is 0 Å². The van der Waals surface area contributed by atoms with E-state index in [1.807, 2.05) is 30.3 Å². The number of hydrogen-bond donors (Lipinski definition) is 1. The van der Waals surface area contributed by atoms with Crippen LogP contribution >= 0.6 is 0 Å². The van der Waals surface area contributed by atoms with Gasteiger partial charge >= 0.3 is 0 Å². The average molecular weight is 329 g/mol. The van der Waals surface area contributed by atoms with Gasteiger partial charge in [0.05, 0.1) is 5.69 Å². The molecule has 0 atom stereocenters. The Morgan fingerprint density at radius 2 is 1.88 bits per heavy atom. The van der Waals surface area contributed by atoms with Crippen LogP contribution in [0.1, 0.15) is 5.56 Å². The highest BCUT2D eigenvalue weighted by Gasteiger charge is 2.08. The summed E-state index contributed by atoms with van der Waals surface area (Å²) in [6.45, 7) is -0.181. The average Bonchev–Trinajstić information content (AvgIpc) is 2.64. The summed E-state index contributed by atoms with van der Waals surface area (Å²) in [7, 11) is 0.